The first kappa shape index (κ1) is 16.3. The number of nitrogens with zero attached hydrogens (tertiary/aromatic N) is 2. The molecule has 0 saturated heterocycles. The number of benzene rings is 2. The summed E-state index contributed by atoms with van der Waals surface area (Å²) in [7, 11) is 1.57. The third kappa shape index (κ3) is 2.71. The Morgan fingerprint density at radius 2 is 2.04 bits per heavy atom. The minimum Gasteiger partial charge on any atom is -0.497 e. The van der Waals surface area contributed by atoms with Gasteiger partial charge in [0.1, 0.15) is 17.9 Å². The Bertz CT molecular complexity index is 1000. The van der Waals surface area contributed by atoms with Crippen LogP contribution < -0.4 is 10.1 Å². The number of ether oxygens (including phenoxy) is 1. The van der Waals surface area contributed by atoms with Crippen LogP contribution in [0.5, 0.6) is 5.75 Å². The molecule has 26 heavy (non-hydrogen) atoms. The molecular weight excluding hydrogens is 340 g/mol. The largest absolute Gasteiger partial charge is 0.497 e. The fourth-order valence-corrected chi connectivity index (χ4v) is 3.17. The summed E-state index contributed by atoms with van der Waals surface area (Å²) in [5.74, 6) is -1.33. The molecular formula is C19H15F2N3O2. The second kappa shape index (κ2) is 6.25. The van der Waals surface area contributed by atoms with E-state index in [-0.39, 0.29) is 12.3 Å². The molecule has 0 fully saturated rings. The molecule has 1 aromatic heterocycles. The number of amides is 1. The molecule has 0 aliphatic carbocycles. The van der Waals surface area contributed by atoms with E-state index < -0.39 is 17.6 Å². The zero-order chi connectivity index (χ0) is 18.3. The summed E-state index contributed by atoms with van der Waals surface area (Å²) in [6.45, 7) is 0. The highest BCUT2D eigenvalue weighted by Gasteiger charge is 2.31. The SMILES string of the molecule is COc1cccc(-n2cnc3c2NC(=O)C[C@@H]3c2ccc(F)c(F)c2)c1. The quantitative estimate of drug-likeness (QED) is 0.781. The van der Waals surface area contributed by atoms with E-state index in [1.54, 1.807) is 18.0 Å². The summed E-state index contributed by atoms with van der Waals surface area (Å²) in [5, 5.41) is 2.82. The number of nitrogens with one attached hydrogen (secondary N) is 1. The number of halogens is 2. The molecule has 7 heteroatoms. The second-order valence-corrected chi connectivity index (χ2v) is 6.03. The Morgan fingerprint density at radius 1 is 1.19 bits per heavy atom. The maximum Gasteiger partial charge on any atom is 0.226 e. The van der Waals surface area contributed by atoms with Crippen LogP contribution in [0.2, 0.25) is 0 Å². The minimum atomic E-state index is -0.942. The number of imidazole rings is 1. The molecule has 3 aromatic rings. The van der Waals surface area contributed by atoms with Crippen molar-refractivity contribution >= 4 is 11.7 Å². The molecule has 1 N–H and O–H groups in total. The maximum atomic E-state index is 13.6. The van der Waals surface area contributed by atoms with Crippen LogP contribution in [0, 0.1) is 11.6 Å². The molecule has 5 nitrogen and oxygen atoms in total. The topological polar surface area (TPSA) is 56.1 Å². The Morgan fingerprint density at radius 3 is 2.81 bits per heavy atom. The van der Waals surface area contributed by atoms with Crippen molar-refractivity contribution in [3.63, 3.8) is 0 Å². The van der Waals surface area contributed by atoms with Gasteiger partial charge in [0.15, 0.2) is 11.6 Å². The predicted octanol–water partition coefficient (Wildman–Crippen LogP) is 3.63. The lowest BCUT2D eigenvalue weighted by atomic mass is 9.89. The standard InChI is InChI=1S/C19H15F2N3O2/c1-26-13-4-2-3-12(8-13)24-10-22-18-14(9-17(25)23-19(18)24)11-5-6-15(20)16(21)7-11/h2-8,10,14H,9H2,1H3,(H,23,25)/t14-/m1/s1. The van der Waals surface area contributed by atoms with Gasteiger partial charge in [-0.1, -0.05) is 12.1 Å². The molecule has 2 aromatic carbocycles. The monoisotopic (exact) mass is 355 g/mol. The van der Waals surface area contributed by atoms with E-state index in [4.69, 9.17) is 4.74 Å². The number of fused-ring (bicyclic) bond motifs is 1. The molecule has 132 valence electrons. The van der Waals surface area contributed by atoms with Gasteiger partial charge >= 0.3 is 0 Å². The van der Waals surface area contributed by atoms with Gasteiger partial charge in [0.25, 0.3) is 0 Å². The highest BCUT2D eigenvalue weighted by Crippen LogP contribution is 2.37. The molecule has 1 amide bonds. The predicted molar refractivity (Wildman–Crippen MR) is 91.6 cm³/mol. The summed E-state index contributed by atoms with van der Waals surface area (Å²) >= 11 is 0. The number of carbonyl (C=O) groups is 1. The third-order valence-electron chi connectivity index (χ3n) is 4.45. The molecule has 1 aliphatic rings. The highest BCUT2D eigenvalue weighted by molar-refractivity contribution is 5.94. The van der Waals surface area contributed by atoms with Gasteiger partial charge in [-0.25, -0.2) is 13.8 Å². The Kier molecular flexibility index (Phi) is 3.91. The van der Waals surface area contributed by atoms with Gasteiger partial charge in [0, 0.05) is 18.4 Å². The van der Waals surface area contributed by atoms with Crippen molar-refractivity contribution in [2.75, 3.05) is 12.4 Å². The van der Waals surface area contributed by atoms with E-state index in [0.717, 1.165) is 17.8 Å². The molecule has 0 saturated carbocycles. The number of rotatable bonds is 3. The molecule has 1 aliphatic heterocycles. The second-order valence-electron chi connectivity index (χ2n) is 6.03. The summed E-state index contributed by atoms with van der Waals surface area (Å²) in [6, 6.07) is 11.0. The Labute approximate surface area is 148 Å². The van der Waals surface area contributed by atoms with E-state index in [9.17, 15) is 13.6 Å². The number of anilines is 1. The van der Waals surface area contributed by atoms with E-state index in [1.165, 1.54) is 6.07 Å². The number of carbonyl (C=O) groups excluding carboxylic acids is 1. The van der Waals surface area contributed by atoms with Gasteiger partial charge in [0.2, 0.25) is 5.91 Å². The van der Waals surface area contributed by atoms with Gasteiger partial charge in [0.05, 0.1) is 18.5 Å². The normalized spacial score (nSPS) is 16.1. The van der Waals surface area contributed by atoms with Crippen LogP contribution in [0.25, 0.3) is 5.69 Å². The van der Waals surface area contributed by atoms with Crippen molar-refractivity contribution in [2.45, 2.75) is 12.3 Å². The van der Waals surface area contributed by atoms with Gasteiger partial charge in [-0.05, 0) is 29.8 Å². The molecule has 0 radical (unpaired) electrons. The summed E-state index contributed by atoms with van der Waals surface area (Å²) in [5.41, 5.74) is 1.89. The van der Waals surface area contributed by atoms with E-state index in [0.29, 0.717) is 22.8 Å². The summed E-state index contributed by atoms with van der Waals surface area (Å²) < 4.78 is 33.9. The van der Waals surface area contributed by atoms with Crippen LogP contribution in [0.3, 0.4) is 0 Å². The van der Waals surface area contributed by atoms with Crippen LogP contribution >= 0.6 is 0 Å². The van der Waals surface area contributed by atoms with Gasteiger partial charge in [-0.15, -0.1) is 0 Å². The van der Waals surface area contributed by atoms with Crippen LogP contribution in [-0.2, 0) is 4.79 Å². The first-order chi connectivity index (χ1) is 12.6. The molecule has 2 heterocycles. The third-order valence-corrected chi connectivity index (χ3v) is 4.45. The Balaban J connectivity index is 1.81. The molecule has 0 unspecified atom stereocenters. The average molecular weight is 355 g/mol. The van der Waals surface area contributed by atoms with Gasteiger partial charge < -0.3 is 10.1 Å². The maximum absolute atomic E-state index is 13.6. The highest BCUT2D eigenvalue weighted by atomic mass is 19.2. The lowest BCUT2D eigenvalue weighted by molar-refractivity contribution is -0.116. The van der Waals surface area contributed by atoms with Crippen LogP contribution in [0.1, 0.15) is 23.6 Å². The first-order valence-electron chi connectivity index (χ1n) is 8.03. The molecule has 0 bridgehead atoms. The zero-order valence-electron chi connectivity index (χ0n) is 13.9. The van der Waals surface area contributed by atoms with Crippen molar-refractivity contribution < 1.29 is 18.3 Å². The van der Waals surface area contributed by atoms with E-state index in [1.807, 2.05) is 24.3 Å². The summed E-state index contributed by atoms with van der Waals surface area (Å²) in [6.07, 6.45) is 1.71. The number of hydrogen-bond donors (Lipinski definition) is 1. The molecule has 4 rings (SSSR count). The van der Waals surface area contributed by atoms with E-state index in [2.05, 4.69) is 10.3 Å². The minimum absolute atomic E-state index is 0.118. The summed E-state index contributed by atoms with van der Waals surface area (Å²) in [4.78, 5) is 16.6. The fraction of sp³-hybridized carbons (Fsp3) is 0.158. The van der Waals surface area contributed by atoms with Gasteiger partial charge in [-0.3, -0.25) is 9.36 Å². The van der Waals surface area contributed by atoms with Crippen molar-refractivity contribution in [3.05, 3.63) is 71.7 Å². The number of aromatic nitrogens is 2. The Hall–Kier alpha value is -3.22. The van der Waals surface area contributed by atoms with Crippen molar-refractivity contribution in [2.24, 2.45) is 0 Å². The van der Waals surface area contributed by atoms with Crippen molar-refractivity contribution in [1.29, 1.82) is 0 Å². The van der Waals surface area contributed by atoms with E-state index >= 15 is 0 Å². The lowest BCUT2D eigenvalue weighted by Gasteiger charge is -2.23. The van der Waals surface area contributed by atoms with Crippen molar-refractivity contribution in [3.8, 4) is 11.4 Å². The zero-order valence-corrected chi connectivity index (χ0v) is 13.9. The van der Waals surface area contributed by atoms with Gasteiger partial charge in [-0.2, -0.15) is 0 Å². The first-order valence-corrected chi connectivity index (χ1v) is 8.03. The van der Waals surface area contributed by atoms with Crippen molar-refractivity contribution in [1.82, 2.24) is 9.55 Å². The van der Waals surface area contributed by atoms with Crippen LogP contribution in [0.4, 0.5) is 14.6 Å². The number of methoxy groups -OCH3 is 1. The van der Waals surface area contributed by atoms with Crippen LogP contribution in [0.15, 0.2) is 48.8 Å². The molecule has 0 spiro atoms. The average Bonchev–Trinajstić information content (AvgIpc) is 3.07. The lowest BCUT2D eigenvalue weighted by Crippen LogP contribution is -2.25. The number of hydrogen-bond acceptors (Lipinski definition) is 3. The smallest absolute Gasteiger partial charge is 0.226 e. The fourth-order valence-electron chi connectivity index (χ4n) is 3.17. The molecule has 1 atom stereocenters. The van der Waals surface area contributed by atoms with Crippen LogP contribution in [-0.4, -0.2) is 22.6 Å².